The second-order valence-electron chi connectivity index (χ2n) is 8.49. The van der Waals surface area contributed by atoms with Gasteiger partial charge in [-0.3, -0.25) is 9.69 Å². The molecule has 1 unspecified atom stereocenters. The van der Waals surface area contributed by atoms with Crippen molar-refractivity contribution < 1.29 is 9.53 Å². The molecule has 3 aromatic rings. The van der Waals surface area contributed by atoms with Crippen molar-refractivity contribution in [3.63, 3.8) is 0 Å². The SMILES string of the molecule is Cl.O=C1OC(CN2CCN(c3ccccc3)CC2)CC1(c1ccccc1)c1ccccc1. The number of carbonyl (C=O) groups excluding carboxylic acids is 1. The summed E-state index contributed by atoms with van der Waals surface area (Å²) in [7, 11) is 0. The molecular formula is C27H29ClN2O2. The smallest absolute Gasteiger partial charge is 0.321 e. The van der Waals surface area contributed by atoms with Gasteiger partial charge in [0.25, 0.3) is 0 Å². The summed E-state index contributed by atoms with van der Waals surface area (Å²) in [5, 5.41) is 0. The van der Waals surface area contributed by atoms with Crippen LogP contribution in [-0.4, -0.2) is 49.7 Å². The first-order chi connectivity index (χ1) is 15.3. The van der Waals surface area contributed by atoms with E-state index in [-0.39, 0.29) is 24.5 Å². The number of hydrogen-bond acceptors (Lipinski definition) is 4. The molecular weight excluding hydrogens is 420 g/mol. The van der Waals surface area contributed by atoms with E-state index in [4.69, 9.17) is 4.74 Å². The van der Waals surface area contributed by atoms with Crippen molar-refractivity contribution >= 4 is 24.1 Å². The van der Waals surface area contributed by atoms with Crippen molar-refractivity contribution in [2.45, 2.75) is 17.9 Å². The highest BCUT2D eigenvalue weighted by atomic mass is 35.5. The van der Waals surface area contributed by atoms with E-state index in [1.807, 2.05) is 36.4 Å². The number of rotatable bonds is 5. The molecule has 4 nitrogen and oxygen atoms in total. The second-order valence-corrected chi connectivity index (χ2v) is 8.49. The molecule has 3 aromatic carbocycles. The molecule has 166 valence electrons. The Morgan fingerprint density at radius 3 is 1.78 bits per heavy atom. The fourth-order valence-electron chi connectivity index (χ4n) is 5.02. The Kier molecular flexibility index (Phi) is 6.83. The minimum absolute atomic E-state index is 0. The summed E-state index contributed by atoms with van der Waals surface area (Å²) < 4.78 is 6.01. The van der Waals surface area contributed by atoms with Crippen LogP contribution in [0, 0.1) is 0 Å². The van der Waals surface area contributed by atoms with E-state index in [0.717, 1.165) is 43.9 Å². The molecule has 0 radical (unpaired) electrons. The molecule has 5 heteroatoms. The summed E-state index contributed by atoms with van der Waals surface area (Å²) >= 11 is 0. The molecule has 2 fully saturated rings. The Labute approximate surface area is 196 Å². The average molecular weight is 449 g/mol. The second kappa shape index (κ2) is 9.76. The number of esters is 1. The third-order valence-electron chi connectivity index (χ3n) is 6.64. The zero-order valence-electron chi connectivity index (χ0n) is 18.1. The Morgan fingerprint density at radius 2 is 1.25 bits per heavy atom. The van der Waals surface area contributed by atoms with Crippen LogP contribution in [0.5, 0.6) is 0 Å². The van der Waals surface area contributed by atoms with E-state index in [9.17, 15) is 4.79 Å². The van der Waals surface area contributed by atoms with Crippen LogP contribution in [0.4, 0.5) is 5.69 Å². The highest BCUT2D eigenvalue weighted by Crippen LogP contribution is 2.43. The third-order valence-corrected chi connectivity index (χ3v) is 6.64. The fraction of sp³-hybridized carbons (Fsp3) is 0.296. The van der Waals surface area contributed by atoms with Gasteiger partial charge in [-0.1, -0.05) is 78.9 Å². The van der Waals surface area contributed by atoms with Crippen LogP contribution in [0.25, 0.3) is 0 Å². The van der Waals surface area contributed by atoms with Crippen molar-refractivity contribution in [3.8, 4) is 0 Å². The molecule has 2 saturated heterocycles. The van der Waals surface area contributed by atoms with Crippen LogP contribution in [0.15, 0.2) is 91.0 Å². The molecule has 0 aromatic heterocycles. The predicted octanol–water partition coefficient (Wildman–Crippen LogP) is 4.53. The lowest BCUT2D eigenvalue weighted by molar-refractivity contribution is -0.145. The summed E-state index contributed by atoms with van der Waals surface area (Å²) in [6.07, 6.45) is 0.579. The van der Waals surface area contributed by atoms with Crippen LogP contribution >= 0.6 is 12.4 Å². The normalized spacial score (nSPS) is 20.4. The summed E-state index contributed by atoms with van der Waals surface area (Å²) in [5.41, 5.74) is 2.59. The number of benzene rings is 3. The van der Waals surface area contributed by atoms with Crippen molar-refractivity contribution in [1.29, 1.82) is 0 Å². The Bertz CT molecular complexity index is 966. The van der Waals surface area contributed by atoms with Gasteiger partial charge in [-0.25, -0.2) is 0 Å². The predicted molar refractivity (Wildman–Crippen MR) is 131 cm³/mol. The van der Waals surface area contributed by atoms with E-state index >= 15 is 0 Å². The molecule has 2 heterocycles. The highest BCUT2D eigenvalue weighted by molar-refractivity contribution is 5.89. The number of ether oxygens (including phenoxy) is 1. The summed E-state index contributed by atoms with van der Waals surface area (Å²) in [6, 6.07) is 30.8. The molecule has 0 bridgehead atoms. The fourth-order valence-corrected chi connectivity index (χ4v) is 5.02. The van der Waals surface area contributed by atoms with E-state index < -0.39 is 5.41 Å². The van der Waals surface area contributed by atoms with Gasteiger partial charge in [0, 0.05) is 44.8 Å². The van der Waals surface area contributed by atoms with Crippen LogP contribution in [0.3, 0.4) is 0 Å². The van der Waals surface area contributed by atoms with E-state index in [1.54, 1.807) is 0 Å². The average Bonchev–Trinajstić information content (AvgIpc) is 3.17. The van der Waals surface area contributed by atoms with Gasteiger partial charge in [0.1, 0.15) is 11.5 Å². The summed E-state index contributed by atoms with van der Waals surface area (Å²) in [6.45, 7) is 4.73. The summed E-state index contributed by atoms with van der Waals surface area (Å²) in [4.78, 5) is 18.2. The van der Waals surface area contributed by atoms with Gasteiger partial charge >= 0.3 is 5.97 Å². The van der Waals surface area contributed by atoms with Gasteiger partial charge in [0.05, 0.1) is 0 Å². The first-order valence-electron chi connectivity index (χ1n) is 11.1. The van der Waals surface area contributed by atoms with Crippen LogP contribution in [-0.2, 0) is 14.9 Å². The minimum Gasteiger partial charge on any atom is -0.460 e. The number of piperazine rings is 1. The van der Waals surface area contributed by atoms with Gasteiger partial charge in [-0.15, -0.1) is 12.4 Å². The number of anilines is 1. The first kappa shape index (κ1) is 22.4. The first-order valence-corrected chi connectivity index (χ1v) is 11.1. The van der Waals surface area contributed by atoms with Crippen LogP contribution < -0.4 is 4.90 Å². The molecule has 0 amide bonds. The molecule has 2 aliphatic heterocycles. The van der Waals surface area contributed by atoms with Crippen molar-refractivity contribution in [2.24, 2.45) is 0 Å². The monoisotopic (exact) mass is 448 g/mol. The Hall–Kier alpha value is -2.82. The molecule has 0 saturated carbocycles. The number of para-hydroxylation sites is 1. The maximum atomic E-state index is 13.3. The lowest BCUT2D eigenvalue weighted by Crippen LogP contribution is -2.48. The van der Waals surface area contributed by atoms with Crippen LogP contribution in [0.2, 0.25) is 0 Å². The molecule has 1 atom stereocenters. The lowest BCUT2D eigenvalue weighted by Gasteiger charge is -2.37. The van der Waals surface area contributed by atoms with Crippen molar-refractivity contribution in [3.05, 3.63) is 102 Å². The topological polar surface area (TPSA) is 32.8 Å². The summed E-state index contributed by atoms with van der Waals surface area (Å²) in [5.74, 6) is -0.127. The Morgan fingerprint density at radius 1 is 0.750 bits per heavy atom. The number of hydrogen-bond donors (Lipinski definition) is 0. The molecule has 0 spiro atoms. The van der Waals surface area contributed by atoms with Gasteiger partial charge in [0.2, 0.25) is 0 Å². The number of nitrogens with zero attached hydrogens (tertiary/aromatic N) is 2. The van der Waals surface area contributed by atoms with Gasteiger partial charge in [-0.05, 0) is 23.3 Å². The molecule has 5 rings (SSSR count). The van der Waals surface area contributed by atoms with Gasteiger partial charge in [0.15, 0.2) is 0 Å². The largest absolute Gasteiger partial charge is 0.460 e. The third kappa shape index (κ3) is 4.25. The maximum absolute atomic E-state index is 13.3. The molecule has 32 heavy (non-hydrogen) atoms. The van der Waals surface area contributed by atoms with Crippen molar-refractivity contribution in [2.75, 3.05) is 37.6 Å². The van der Waals surface area contributed by atoms with E-state index in [1.165, 1.54) is 5.69 Å². The zero-order valence-corrected chi connectivity index (χ0v) is 18.9. The number of carbonyl (C=O) groups is 1. The van der Waals surface area contributed by atoms with Crippen LogP contribution in [0.1, 0.15) is 17.5 Å². The zero-order chi connectivity index (χ0) is 21.1. The number of halogens is 1. The van der Waals surface area contributed by atoms with Crippen molar-refractivity contribution in [1.82, 2.24) is 4.90 Å². The standard InChI is InChI=1S/C27H28N2O2.ClH/c30-26-27(22-10-4-1-5-11-22,23-12-6-2-7-13-23)20-25(31-26)21-28-16-18-29(19-17-28)24-14-8-3-9-15-24;/h1-15,25H,16-21H2;1H. The maximum Gasteiger partial charge on any atom is 0.321 e. The minimum atomic E-state index is -0.723. The molecule has 0 aliphatic carbocycles. The van der Waals surface area contributed by atoms with Gasteiger partial charge in [-0.2, -0.15) is 0 Å². The Balaban J connectivity index is 0.00000245. The number of cyclic esters (lactones) is 1. The quantitative estimate of drug-likeness (QED) is 0.537. The highest BCUT2D eigenvalue weighted by Gasteiger charge is 2.51. The lowest BCUT2D eigenvalue weighted by atomic mass is 9.72. The molecule has 2 aliphatic rings. The molecule has 0 N–H and O–H groups in total. The van der Waals surface area contributed by atoms with Gasteiger partial charge < -0.3 is 9.64 Å². The van der Waals surface area contributed by atoms with E-state index in [2.05, 4.69) is 64.4 Å². The van der Waals surface area contributed by atoms with E-state index in [0.29, 0.717) is 6.42 Å².